The van der Waals surface area contributed by atoms with E-state index in [1.807, 2.05) is 30.3 Å². The molecule has 1 heterocycles. The van der Waals surface area contributed by atoms with Crippen molar-refractivity contribution in [1.82, 2.24) is 4.90 Å². The third-order valence-electron chi connectivity index (χ3n) is 4.29. The molecule has 0 amide bonds. The first-order chi connectivity index (χ1) is 10.3. The summed E-state index contributed by atoms with van der Waals surface area (Å²) < 4.78 is 0. The second-order valence-electron chi connectivity index (χ2n) is 5.74. The van der Waals surface area contributed by atoms with E-state index in [4.69, 9.17) is 0 Å². The molecule has 2 nitrogen and oxygen atoms in total. The van der Waals surface area contributed by atoms with Gasteiger partial charge >= 0.3 is 0 Å². The summed E-state index contributed by atoms with van der Waals surface area (Å²) in [6, 6.07) is 20.3. The Kier molecular flexibility index (Phi) is 4.46. The minimum absolute atomic E-state index is 0.249. The maximum Gasteiger partial charge on any atom is 0.164 e. The Balaban J connectivity index is 1.50. The van der Waals surface area contributed by atoms with Crippen molar-refractivity contribution >= 4 is 5.78 Å². The van der Waals surface area contributed by atoms with Crippen molar-refractivity contribution in [2.24, 2.45) is 0 Å². The quantitative estimate of drug-likeness (QED) is 0.777. The van der Waals surface area contributed by atoms with Crippen molar-refractivity contribution in [3.8, 4) is 0 Å². The van der Waals surface area contributed by atoms with Gasteiger partial charge in [0.2, 0.25) is 0 Å². The lowest BCUT2D eigenvalue weighted by molar-refractivity contribution is 0.0968. The van der Waals surface area contributed by atoms with Crippen molar-refractivity contribution in [2.45, 2.75) is 18.8 Å². The molecule has 0 aliphatic carbocycles. The smallest absolute Gasteiger partial charge is 0.164 e. The molecule has 0 aromatic heterocycles. The molecular formula is C19H21NO. The summed E-state index contributed by atoms with van der Waals surface area (Å²) in [5.74, 6) is 0.872. The zero-order valence-corrected chi connectivity index (χ0v) is 12.2. The third kappa shape index (κ3) is 3.59. The maximum atomic E-state index is 12.1. The SMILES string of the molecule is O=C(CCN1CC[C@H](c2ccccc2)C1)c1ccccc1. The normalized spacial score (nSPS) is 18.8. The summed E-state index contributed by atoms with van der Waals surface area (Å²) in [6.07, 6.45) is 1.81. The molecule has 1 saturated heterocycles. The van der Waals surface area contributed by atoms with Gasteiger partial charge in [-0.25, -0.2) is 0 Å². The van der Waals surface area contributed by atoms with Gasteiger partial charge in [0.05, 0.1) is 0 Å². The van der Waals surface area contributed by atoms with Gasteiger partial charge in [0.15, 0.2) is 5.78 Å². The van der Waals surface area contributed by atoms with Crippen molar-refractivity contribution in [2.75, 3.05) is 19.6 Å². The number of Topliss-reactive ketones (excluding diaryl/α,β-unsaturated/α-hetero) is 1. The molecule has 0 bridgehead atoms. The number of hydrogen-bond donors (Lipinski definition) is 0. The first-order valence-corrected chi connectivity index (χ1v) is 7.68. The van der Waals surface area contributed by atoms with Crippen LogP contribution < -0.4 is 0 Å². The van der Waals surface area contributed by atoms with Crippen LogP contribution in [0.25, 0.3) is 0 Å². The van der Waals surface area contributed by atoms with Crippen LogP contribution in [-0.2, 0) is 0 Å². The van der Waals surface area contributed by atoms with Gasteiger partial charge in [-0.3, -0.25) is 4.79 Å². The Morgan fingerprint density at radius 1 is 1.00 bits per heavy atom. The predicted octanol–water partition coefficient (Wildman–Crippen LogP) is 3.75. The highest BCUT2D eigenvalue weighted by atomic mass is 16.1. The lowest BCUT2D eigenvalue weighted by atomic mass is 9.99. The zero-order valence-electron chi connectivity index (χ0n) is 12.2. The van der Waals surface area contributed by atoms with Crippen LogP contribution in [0.15, 0.2) is 60.7 Å². The van der Waals surface area contributed by atoms with Crippen LogP contribution in [0, 0.1) is 0 Å². The molecule has 0 radical (unpaired) electrons. The number of rotatable bonds is 5. The number of hydrogen-bond acceptors (Lipinski definition) is 2. The van der Waals surface area contributed by atoms with E-state index in [-0.39, 0.29) is 5.78 Å². The van der Waals surface area contributed by atoms with E-state index in [0.717, 1.165) is 25.2 Å². The Bertz CT molecular complexity index is 579. The summed E-state index contributed by atoms with van der Waals surface area (Å²) in [6.45, 7) is 3.05. The highest BCUT2D eigenvalue weighted by Gasteiger charge is 2.23. The molecule has 3 rings (SSSR count). The molecule has 2 aromatic carbocycles. The second kappa shape index (κ2) is 6.68. The molecule has 21 heavy (non-hydrogen) atoms. The zero-order chi connectivity index (χ0) is 14.5. The Hall–Kier alpha value is -1.93. The number of nitrogens with zero attached hydrogens (tertiary/aromatic N) is 1. The second-order valence-corrected chi connectivity index (χ2v) is 5.74. The van der Waals surface area contributed by atoms with Gasteiger partial charge < -0.3 is 4.90 Å². The molecule has 2 aromatic rings. The number of likely N-dealkylation sites (tertiary alicyclic amines) is 1. The lowest BCUT2D eigenvalue weighted by Gasteiger charge is -2.15. The summed E-state index contributed by atoms with van der Waals surface area (Å²) in [4.78, 5) is 14.5. The van der Waals surface area contributed by atoms with E-state index in [2.05, 4.69) is 35.2 Å². The van der Waals surface area contributed by atoms with Crippen molar-refractivity contribution in [3.05, 3.63) is 71.8 Å². The fraction of sp³-hybridized carbons (Fsp3) is 0.316. The third-order valence-corrected chi connectivity index (χ3v) is 4.29. The van der Waals surface area contributed by atoms with Gasteiger partial charge in [-0.05, 0) is 24.4 Å². The van der Waals surface area contributed by atoms with Crippen LogP contribution in [0.1, 0.15) is 34.7 Å². The number of ketones is 1. The van der Waals surface area contributed by atoms with Gasteiger partial charge in [-0.15, -0.1) is 0 Å². The number of benzene rings is 2. The predicted molar refractivity (Wildman–Crippen MR) is 85.6 cm³/mol. The Morgan fingerprint density at radius 3 is 2.38 bits per heavy atom. The molecule has 0 saturated carbocycles. The van der Waals surface area contributed by atoms with E-state index in [9.17, 15) is 4.79 Å². The minimum atomic E-state index is 0.249. The monoisotopic (exact) mass is 279 g/mol. The van der Waals surface area contributed by atoms with E-state index in [0.29, 0.717) is 12.3 Å². The van der Waals surface area contributed by atoms with E-state index in [1.165, 1.54) is 12.0 Å². The number of carbonyl (C=O) groups excluding carboxylic acids is 1. The maximum absolute atomic E-state index is 12.1. The van der Waals surface area contributed by atoms with Gasteiger partial charge in [0, 0.05) is 25.1 Å². The molecule has 1 atom stereocenters. The Labute approximate surface area is 126 Å². The van der Waals surface area contributed by atoms with E-state index in [1.54, 1.807) is 0 Å². The Morgan fingerprint density at radius 2 is 1.67 bits per heavy atom. The van der Waals surface area contributed by atoms with Crippen molar-refractivity contribution in [1.29, 1.82) is 0 Å². The van der Waals surface area contributed by atoms with Crippen LogP contribution >= 0.6 is 0 Å². The van der Waals surface area contributed by atoms with Gasteiger partial charge in [-0.1, -0.05) is 60.7 Å². The highest BCUT2D eigenvalue weighted by molar-refractivity contribution is 5.96. The first kappa shape index (κ1) is 14.0. The molecule has 1 fully saturated rings. The summed E-state index contributed by atoms with van der Waals surface area (Å²) in [5, 5.41) is 0. The van der Waals surface area contributed by atoms with E-state index >= 15 is 0 Å². The molecule has 1 aliphatic rings. The fourth-order valence-corrected chi connectivity index (χ4v) is 3.06. The standard InChI is InChI=1S/C19H21NO/c21-19(17-9-5-2-6-10-17)12-14-20-13-11-18(15-20)16-7-3-1-4-8-16/h1-10,18H,11-15H2/t18-/m0/s1. The average molecular weight is 279 g/mol. The lowest BCUT2D eigenvalue weighted by Crippen LogP contribution is -2.23. The van der Waals surface area contributed by atoms with Crippen LogP contribution in [0.4, 0.5) is 0 Å². The molecule has 1 aliphatic heterocycles. The molecule has 0 unspecified atom stereocenters. The van der Waals surface area contributed by atoms with Crippen LogP contribution in [-0.4, -0.2) is 30.3 Å². The summed E-state index contributed by atoms with van der Waals surface area (Å²) >= 11 is 0. The molecule has 0 N–H and O–H groups in total. The topological polar surface area (TPSA) is 20.3 Å². The van der Waals surface area contributed by atoms with E-state index < -0.39 is 0 Å². The van der Waals surface area contributed by atoms with Gasteiger partial charge in [0.25, 0.3) is 0 Å². The van der Waals surface area contributed by atoms with Crippen LogP contribution in [0.5, 0.6) is 0 Å². The van der Waals surface area contributed by atoms with Crippen LogP contribution in [0.2, 0.25) is 0 Å². The van der Waals surface area contributed by atoms with Crippen LogP contribution in [0.3, 0.4) is 0 Å². The molecule has 2 heteroatoms. The molecule has 0 spiro atoms. The van der Waals surface area contributed by atoms with Gasteiger partial charge in [0.1, 0.15) is 0 Å². The highest BCUT2D eigenvalue weighted by Crippen LogP contribution is 2.26. The average Bonchev–Trinajstić information content (AvgIpc) is 3.03. The molecular weight excluding hydrogens is 258 g/mol. The van der Waals surface area contributed by atoms with Crippen molar-refractivity contribution in [3.63, 3.8) is 0 Å². The first-order valence-electron chi connectivity index (χ1n) is 7.68. The molecule has 108 valence electrons. The summed E-state index contributed by atoms with van der Waals surface area (Å²) in [5.41, 5.74) is 2.26. The number of carbonyl (C=O) groups is 1. The summed E-state index contributed by atoms with van der Waals surface area (Å²) in [7, 11) is 0. The fourth-order valence-electron chi connectivity index (χ4n) is 3.06. The van der Waals surface area contributed by atoms with Gasteiger partial charge in [-0.2, -0.15) is 0 Å². The minimum Gasteiger partial charge on any atom is -0.302 e. The largest absolute Gasteiger partial charge is 0.302 e. The van der Waals surface area contributed by atoms with Crippen molar-refractivity contribution < 1.29 is 4.79 Å².